The van der Waals surface area contributed by atoms with E-state index in [-0.39, 0.29) is 24.8 Å². The van der Waals surface area contributed by atoms with Gasteiger partial charge in [0.15, 0.2) is 5.79 Å². The topological polar surface area (TPSA) is 73.9 Å². The van der Waals surface area contributed by atoms with E-state index in [0.717, 1.165) is 12.8 Å². The SMILES string of the molecule is CCCCCCCCC(CCCCCC)COC(=O)CCNC(=O)[C@@H]1OC(C)(C)OCC1(C)C. The van der Waals surface area contributed by atoms with Crippen molar-refractivity contribution in [2.24, 2.45) is 11.3 Å². The lowest BCUT2D eigenvalue weighted by atomic mass is 9.85. The molecular formula is C28H53NO5. The number of nitrogens with one attached hydrogen (secondary N) is 1. The average molecular weight is 484 g/mol. The number of amides is 1. The second-order valence-electron chi connectivity index (χ2n) is 11.2. The lowest BCUT2D eigenvalue weighted by Crippen LogP contribution is -2.56. The zero-order valence-electron chi connectivity index (χ0n) is 23.0. The van der Waals surface area contributed by atoms with Crippen LogP contribution in [0.4, 0.5) is 0 Å². The molecule has 1 amide bonds. The molecule has 0 spiro atoms. The molecule has 6 heteroatoms. The summed E-state index contributed by atoms with van der Waals surface area (Å²) in [4.78, 5) is 25.0. The first-order valence-corrected chi connectivity index (χ1v) is 13.9. The van der Waals surface area contributed by atoms with E-state index < -0.39 is 17.3 Å². The maximum atomic E-state index is 12.7. The monoisotopic (exact) mass is 483 g/mol. The Hall–Kier alpha value is -1.14. The molecule has 200 valence electrons. The van der Waals surface area contributed by atoms with E-state index in [1.54, 1.807) is 0 Å². The summed E-state index contributed by atoms with van der Waals surface area (Å²) in [7, 11) is 0. The van der Waals surface area contributed by atoms with Gasteiger partial charge in [-0.15, -0.1) is 0 Å². The molecule has 0 aromatic rings. The summed E-state index contributed by atoms with van der Waals surface area (Å²) in [5, 5.41) is 2.85. The fourth-order valence-electron chi connectivity index (χ4n) is 4.37. The molecule has 0 aliphatic carbocycles. The van der Waals surface area contributed by atoms with Crippen molar-refractivity contribution in [3.63, 3.8) is 0 Å². The standard InChI is InChI=1S/C28H53NO5/c1-7-9-11-13-14-16-18-23(17-15-12-10-8-2)21-32-24(30)19-20-29-26(31)25-27(3,4)22-33-28(5,6)34-25/h23,25H,7-22H2,1-6H3,(H,29,31)/t23?,25-/m0/s1. The number of esters is 1. The van der Waals surface area contributed by atoms with Crippen molar-refractivity contribution in [1.29, 1.82) is 0 Å². The van der Waals surface area contributed by atoms with E-state index in [9.17, 15) is 9.59 Å². The Morgan fingerprint density at radius 2 is 1.47 bits per heavy atom. The molecule has 1 fully saturated rings. The molecule has 0 radical (unpaired) electrons. The third-order valence-electron chi connectivity index (χ3n) is 6.68. The predicted octanol–water partition coefficient (Wildman–Crippen LogP) is 6.55. The lowest BCUT2D eigenvalue weighted by molar-refractivity contribution is -0.304. The summed E-state index contributed by atoms with van der Waals surface area (Å²) >= 11 is 0. The van der Waals surface area contributed by atoms with Crippen molar-refractivity contribution in [3.8, 4) is 0 Å². The van der Waals surface area contributed by atoms with E-state index in [0.29, 0.717) is 19.1 Å². The summed E-state index contributed by atoms with van der Waals surface area (Å²) in [6.45, 7) is 13.2. The summed E-state index contributed by atoms with van der Waals surface area (Å²) in [6, 6.07) is 0. The first-order valence-electron chi connectivity index (χ1n) is 13.9. The van der Waals surface area contributed by atoms with Gasteiger partial charge < -0.3 is 19.5 Å². The van der Waals surface area contributed by atoms with Crippen LogP contribution >= 0.6 is 0 Å². The number of carbonyl (C=O) groups excluding carboxylic acids is 2. The molecule has 1 heterocycles. The highest BCUT2D eigenvalue weighted by atomic mass is 16.7. The van der Waals surface area contributed by atoms with Crippen LogP contribution in [0.25, 0.3) is 0 Å². The summed E-state index contributed by atoms with van der Waals surface area (Å²) in [5.41, 5.74) is -0.429. The fourth-order valence-corrected chi connectivity index (χ4v) is 4.37. The number of hydrogen-bond donors (Lipinski definition) is 1. The first kappa shape index (κ1) is 30.9. The van der Waals surface area contributed by atoms with Crippen LogP contribution in [0, 0.1) is 11.3 Å². The largest absolute Gasteiger partial charge is 0.465 e. The average Bonchev–Trinajstić information content (AvgIpc) is 2.78. The highest BCUT2D eigenvalue weighted by Crippen LogP contribution is 2.34. The molecule has 2 atom stereocenters. The van der Waals surface area contributed by atoms with Crippen LogP contribution in [-0.2, 0) is 23.8 Å². The van der Waals surface area contributed by atoms with Gasteiger partial charge in [0.05, 0.1) is 19.6 Å². The third kappa shape index (κ3) is 13.1. The summed E-state index contributed by atoms with van der Waals surface area (Å²) < 4.78 is 17.2. The molecule has 1 saturated heterocycles. The smallest absolute Gasteiger partial charge is 0.307 e. The van der Waals surface area contributed by atoms with Crippen molar-refractivity contribution in [2.45, 2.75) is 137 Å². The van der Waals surface area contributed by atoms with Gasteiger partial charge in [0, 0.05) is 12.0 Å². The van der Waals surface area contributed by atoms with Gasteiger partial charge in [0.25, 0.3) is 0 Å². The summed E-state index contributed by atoms with van der Waals surface area (Å²) in [5.74, 6) is -0.793. The van der Waals surface area contributed by atoms with Gasteiger partial charge in [-0.2, -0.15) is 0 Å². The third-order valence-corrected chi connectivity index (χ3v) is 6.68. The Kier molecular flexibility index (Phi) is 15.0. The predicted molar refractivity (Wildman–Crippen MR) is 138 cm³/mol. The number of carbonyl (C=O) groups is 2. The van der Waals surface area contributed by atoms with Gasteiger partial charge >= 0.3 is 5.97 Å². The number of unbranched alkanes of at least 4 members (excludes halogenated alkanes) is 8. The number of ether oxygens (including phenoxy) is 3. The minimum atomic E-state index is -0.793. The van der Waals surface area contributed by atoms with Crippen molar-refractivity contribution in [1.82, 2.24) is 5.32 Å². The quantitative estimate of drug-likeness (QED) is 0.177. The van der Waals surface area contributed by atoms with Gasteiger partial charge in [-0.3, -0.25) is 9.59 Å². The number of rotatable bonds is 18. The fraction of sp³-hybridized carbons (Fsp3) is 0.929. The van der Waals surface area contributed by atoms with Crippen LogP contribution in [0.1, 0.15) is 125 Å². The van der Waals surface area contributed by atoms with E-state index in [2.05, 4.69) is 19.2 Å². The molecule has 1 N–H and O–H groups in total. The molecular weight excluding hydrogens is 430 g/mol. The van der Waals surface area contributed by atoms with Crippen LogP contribution in [-0.4, -0.2) is 43.5 Å². The van der Waals surface area contributed by atoms with E-state index in [4.69, 9.17) is 14.2 Å². The maximum Gasteiger partial charge on any atom is 0.307 e. The molecule has 1 aliphatic heterocycles. The van der Waals surface area contributed by atoms with Crippen molar-refractivity contribution < 1.29 is 23.8 Å². The van der Waals surface area contributed by atoms with Crippen LogP contribution in [0.15, 0.2) is 0 Å². The molecule has 1 unspecified atom stereocenters. The molecule has 1 aliphatic rings. The Morgan fingerprint density at radius 3 is 2.09 bits per heavy atom. The van der Waals surface area contributed by atoms with E-state index in [1.807, 2.05) is 27.7 Å². The van der Waals surface area contributed by atoms with Crippen LogP contribution < -0.4 is 5.32 Å². The molecule has 1 rings (SSSR count). The van der Waals surface area contributed by atoms with Crippen molar-refractivity contribution in [2.75, 3.05) is 19.8 Å². The molecule has 6 nitrogen and oxygen atoms in total. The molecule has 0 bridgehead atoms. The van der Waals surface area contributed by atoms with Crippen molar-refractivity contribution in [3.05, 3.63) is 0 Å². The van der Waals surface area contributed by atoms with Crippen LogP contribution in [0.2, 0.25) is 0 Å². The Balaban J connectivity index is 2.36. The van der Waals surface area contributed by atoms with Gasteiger partial charge in [-0.25, -0.2) is 0 Å². The van der Waals surface area contributed by atoms with Crippen LogP contribution in [0.3, 0.4) is 0 Å². The first-order chi connectivity index (χ1) is 16.1. The zero-order valence-corrected chi connectivity index (χ0v) is 23.0. The summed E-state index contributed by atoms with van der Waals surface area (Å²) in [6.07, 6.45) is 14.5. The minimum absolute atomic E-state index is 0.179. The minimum Gasteiger partial charge on any atom is -0.465 e. The van der Waals surface area contributed by atoms with Gasteiger partial charge in [-0.05, 0) is 32.6 Å². The Labute approximate surface area is 209 Å². The number of hydrogen-bond acceptors (Lipinski definition) is 5. The second-order valence-corrected chi connectivity index (χ2v) is 11.2. The Morgan fingerprint density at radius 1 is 0.912 bits per heavy atom. The molecule has 0 saturated carbocycles. The lowest BCUT2D eigenvalue weighted by Gasteiger charge is -2.44. The molecule has 0 aromatic heterocycles. The molecule has 0 aromatic carbocycles. The highest BCUT2D eigenvalue weighted by Gasteiger charge is 2.45. The normalized spacial score (nSPS) is 20.0. The van der Waals surface area contributed by atoms with Gasteiger partial charge in [0.2, 0.25) is 5.91 Å². The Bertz CT molecular complexity index is 575. The van der Waals surface area contributed by atoms with E-state index in [1.165, 1.54) is 64.2 Å². The zero-order chi connectivity index (χ0) is 25.5. The van der Waals surface area contributed by atoms with Crippen molar-refractivity contribution >= 4 is 11.9 Å². The van der Waals surface area contributed by atoms with E-state index >= 15 is 0 Å². The molecule has 34 heavy (non-hydrogen) atoms. The van der Waals surface area contributed by atoms with Gasteiger partial charge in [0.1, 0.15) is 6.10 Å². The second kappa shape index (κ2) is 16.5. The van der Waals surface area contributed by atoms with Crippen LogP contribution in [0.5, 0.6) is 0 Å². The highest BCUT2D eigenvalue weighted by molar-refractivity contribution is 5.82. The maximum absolute atomic E-state index is 12.7. The van der Waals surface area contributed by atoms with Gasteiger partial charge in [-0.1, -0.05) is 91.9 Å².